The summed E-state index contributed by atoms with van der Waals surface area (Å²) < 4.78 is 0. The van der Waals surface area contributed by atoms with Gasteiger partial charge in [0.15, 0.2) is 23.3 Å². The molecule has 3 aromatic heterocycles. The van der Waals surface area contributed by atoms with Gasteiger partial charge in [0.1, 0.15) is 22.6 Å². The quantitative estimate of drug-likeness (QED) is 0.172. The zero-order valence-corrected chi connectivity index (χ0v) is 22.9. The van der Waals surface area contributed by atoms with Crippen LogP contribution in [0.15, 0.2) is 97.1 Å². The Kier molecular flexibility index (Phi) is 5.79. The zero-order chi connectivity index (χ0) is 26.2. The first-order valence-electron chi connectivity index (χ1n) is 13.0. The van der Waals surface area contributed by atoms with Crippen molar-refractivity contribution < 1.29 is 0 Å². The van der Waals surface area contributed by atoms with E-state index in [9.17, 15) is 0 Å². The highest BCUT2D eigenvalue weighted by molar-refractivity contribution is 6.06. The normalized spacial score (nSPS) is 11.4. The molecular formula is C32H22ClN9. The minimum absolute atomic E-state index is 0. The van der Waals surface area contributed by atoms with Crippen molar-refractivity contribution >= 4 is 56.5 Å². The van der Waals surface area contributed by atoms with E-state index in [4.69, 9.17) is 29.9 Å². The van der Waals surface area contributed by atoms with Crippen LogP contribution in [0.2, 0.25) is 0 Å². The van der Waals surface area contributed by atoms with Gasteiger partial charge in [0.2, 0.25) is 0 Å². The molecule has 9 rings (SSSR count). The first-order valence-corrected chi connectivity index (χ1v) is 13.0. The molecule has 0 unspecified atom stereocenters. The lowest BCUT2D eigenvalue weighted by atomic mass is 10.1. The van der Waals surface area contributed by atoms with Crippen molar-refractivity contribution in [2.45, 2.75) is 0 Å². The van der Waals surface area contributed by atoms with Crippen LogP contribution in [0, 0.1) is 0 Å². The lowest BCUT2D eigenvalue weighted by molar-refractivity contribution is 1.19. The molecule has 0 atom stereocenters. The summed E-state index contributed by atoms with van der Waals surface area (Å²) >= 11 is 0. The first-order chi connectivity index (χ1) is 19.8. The van der Waals surface area contributed by atoms with Gasteiger partial charge in [-0.25, -0.2) is 29.9 Å². The second-order valence-electron chi connectivity index (χ2n) is 9.79. The number of fused-ring (bicyclic) bond motifs is 20. The molecule has 8 bridgehead atoms. The number of aromatic amines is 2. The molecule has 0 saturated carbocycles. The molecule has 0 amide bonds. The van der Waals surface area contributed by atoms with Crippen molar-refractivity contribution in [3.05, 3.63) is 97.1 Å². The zero-order valence-electron chi connectivity index (χ0n) is 22.0. The molecule has 0 radical (unpaired) electrons. The summed E-state index contributed by atoms with van der Waals surface area (Å²) in [6.45, 7) is 0. The van der Waals surface area contributed by atoms with Crippen LogP contribution in [0.1, 0.15) is 0 Å². The number of hydrogen-bond acceptors (Lipinski definition) is 7. The summed E-state index contributed by atoms with van der Waals surface area (Å²) in [4.78, 5) is 36.8. The summed E-state index contributed by atoms with van der Waals surface area (Å²) in [6, 6.07) is 32.2. The summed E-state index contributed by atoms with van der Waals surface area (Å²) in [6.07, 6.45) is 0. The Hall–Kier alpha value is -5.51. The molecule has 0 saturated heterocycles. The van der Waals surface area contributed by atoms with Crippen molar-refractivity contribution in [3.8, 4) is 45.6 Å². The fourth-order valence-corrected chi connectivity index (χ4v) is 5.59. The van der Waals surface area contributed by atoms with Gasteiger partial charge in [0, 0.05) is 43.8 Å². The van der Waals surface area contributed by atoms with E-state index < -0.39 is 0 Å². The highest BCUT2D eigenvalue weighted by atomic mass is 35.5. The highest BCUT2D eigenvalue weighted by Crippen LogP contribution is 2.36. The van der Waals surface area contributed by atoms with E-state index in [2.05, 4.69) is 9.97 Å². The number of rotatable bonds is 0. The Morgan fingerprint density at radius 3 is 0.833 bits per heavy atom. The number of H-pyrrole nitrogens is 2. The minimum Gasteiger partial charge on any atom is -0.344 e. The summed E-state index contributed by atoms with van der Waals surface area (Å²) in [7, 11) is 0. The van der Waals surface area contributed by atoms with Crippen molar-refractivity contribution in [1.29, 1.82) is 0 Å². The van der Waals surface area contributed by atoms with Crippen LogP contribution in [-0.4, -0.2) is 39.9 Å². The first kappa shape index (κ1) is 25.5. The molecule has 5 N–H and O–H groups in total. The molecule has 42 heavy (non-hydrogen) atoms. The van der Waals surface area contributed by atoms with Gasteiger partial charge in [-0.15, -0.1) is 12.4 Å². The van der Waals surface area contributed by atoms with Gasteiger partial charge in [0.05, 0.1) is 0 Å². The van der Waals surface area contributed by atoms with Crippen LogP contribution in [0.3, 0.4) is 0 Å². The van der Waals surface area contributed by atoms with Gasteiger partial charge in [-0.1, -0.05) is 97.1 Å². The molecule has 5 heterocycles. The fraction of sp³-hybridized carbons (Fsp3) is 0. The Bertz CT molecular complexity index is 2040. The highest BCUT2D eigenvalue weighted by Gasteiger charge is 2.21. The third kappa shape index (κ3) is 3.68. The molecule has 10 heteroatoms. The maximum atomic E-state index is 5.02. The van der Waals surface area contributed by atoms with Crippen molar-refractivity contribution in [2.75, 3.05) is 0 Å². The van der Waals surface area contributed by atoms with Crippen molar-refractivity contribution in [1.82, 2.24) is 46.0 Å². The second kappa shape index (κ2) is 9.55. The van der Waals surface area contributed by atoms with Gasteiger partial charge in [-0.3, -0.25) is 0 Å². The number of hydrogen-bond donors (Lipinski definition) is 3. The van der Waals surface area contributed by atoms with Gasteiger partial charge < -0.3 is 16.1 Å². The Balaban J connectivity index is 0.00000144. The van der Waals surface area contributed by atoms with E-state index in [-0.39, 0.29) is 18.6 Å². The second-order valence-corrected chi connectivity index (χ2v) is 9.79. The summed E-state index contributed by atoms with van der Waals surface area (Å²) in [5.74, 6) is 2.39. The van der Waals surface area contributed by atoms with Crippen LogP contribution in [0.4, 0.5) is 0 Å². The molecule has 9 nitrogen and oxygen atoms in total. The average Bonchev–Trinajstić information content (AvgIpc) is 3.73. The van der Waals surface area contributed by atoms with Crippen molar-refractivity contribution in [3.63, 3.8) is 0 Å². The molecule has 2 aliphatic heterocycles. The van der Waals surface area contributed by atoms with E-state index in [0.29, 0.717) is 45.9 Å². The van der Waals surface area contributed by atoms with Crippen LogP contribution < -0.4 is 6.15 Å². The topological polar surface area (TPSA) is 144 Å². The van der Waals surface area contributed by atoms with E-state index >= 15 is 0 Å². The van der Waals surface area contributed by atoms with E-state index in [1.165, 1.54) is 0 Å². The molecule has 4 aromatic carbocycles. The van der Waals surface area contributed by atoms with Gasteiger partial charge in [-0.2, -0.15) is 0 Å². The number of halogens is 1. The van der Waals surface area contributed by atoms with Crippen LogP contribution >= 0.6 is 12.4 Å². The molecular weight excluding hydrogens is 546 g/mol. The molecule has 0 fully saturated rings. The SMILES string of the molecule is Cl.N.c1ccc2c(c1)-c1nc-2nc2[nH]c(nc3nc(nc4[nH]c(n1)c1ccccc41)-c1ccccc1-3)c1ccccc21. The third-order valence-electron chi connectivity index (χ3n) is 7.46. The predicted octanol–water partition coefficient (Wildman–Crippen LogP) is 7.45. The number of benzene rings is 4. The van der Waals surface area contributed by atoms with E-state index in [1.54, 1.807) is 0 Å². The van der Waals surface area contributed by atoms with Crippen LogP contribution in [-0.2, 0) is 0 Å². The molecule has 7 aromatic rings. The fourth-order valence-electron chi connectivity index (χ4n) is 5.59. The maximum Gasteiger partial charge on any atom is 0.164 e. The maximum absolute atomic E-state index is 5.02. The summed E-state index contributed by atoms with van der Waals surface area (Å²) in [5, 5.41) is 3.82. The third-order valence-corrected chi connectivity index (χ3v) is 7.46. The number of nitrogens with zero attached hydrogens (tertiary/aromatic N) is 6. The van der Waals surface area contributed by atoms with Gasteiger partial charge in [-0.05, 0) is 0 Å². The largest absolute Gasteiger partial charge is 0.344 e. The van der Waals surface area contributed by atoms with Gasteiger partial charge in [0.25, 0.3) is 0 Å². The van der Waals surface area contributed by atoms with Gasteiger partial charge >= 0.3 is 0 Å². The molecule has 202 valence electrons. The Labute approximate surface area is 244 Å². The Morgan fingerprint density at radius 2 is 0.571 bits per heavy atom. The van der Waals surface area contributed by atoms with Crippen molar-refractivity contribution in [2.24, 2.45) is 0 Å². The number of aromatic nitrogens is 8. The Morgan fingerprint density at radius 1 is 0.333 bits per heavy atom. The molecule has 2 aliphatic rings. The lowest BCUT2D eigenvalue weighted by Gasteiger charge is -1.96. The standard InChI is InChI=1S/C32H18N8.ClH.H3N/c1-2-10-18-17(9-1)25-33-26(18)38-28-21-13-5-6-14-22(21)30(35-28)40-32-24-16-8-7-15-23(24)31(36-32)39-29-20-12-4-3-11-19(20)27(34-29)37-25;;/h1-16H,(H2,33,34,35,36,37,38,39,40);1H;1H3. The lowest BCUT2D eigenvalue weighted by Crippen LogP contribution is -1.82. The minimum atomic E-state index is 0. The predicted molar refractivity (Wildman–Crippen MR) is 168 cm³/mol. The number of nitrogens with one attached hydrogen (secondary N) is 2. The summed E-state index contributed by atoms with van der Waals surface area (Å²) in [5.41, 5.74) is 6.45. The van der Waals surface area contributed by atoms with Crippen LogP contribution in [0.5, 0.6) is 0 Å². The van der Waals surface area contributed by atoms with Crippen LogP contribution in [0.25, 0.3) is 89.7 Å². The molecule has 0 aliphatic carbocycles. The van der Waals surface area contributed by atoms with E-state index in [0.717, 1.165) is 43.8 Å². The van der Waals surface area contributed by atoms with E-state index in [1.807, 2.05) is 97.1 Å². The smallest absolute Gasteiger partial charge is 0.164 e. The average molecular weight is 568 g/mol. The molecule has 0 spiro atoms. The monoisotopic (exact) mass is 567 g/mol.